The van der Waals surface area contributed by atoms with Gasteiger partial charge in [0.1, 0.15) is 5.75 Å². The van der Waals surface area contributed by atoms with Crippen LogP contribution in [0.4, 0.5) is 5.69 Å². The molecule has 3 N–H and O–H groups in total. The second kappa shape index (κ2) is 8.36. The monoisotopic (exact) mass is 371 g/mol. The highest BCUT2D eigenvalue weighted by molar-refractivity contribution is 6.30. The summed E-state index contributed by atoms with van der Waals surface area (Å²) in [6.07, 6.45) is -0.486. The van der Waals surface area contributed by atoms with Crippen molar-refractivity contribution in [1.82, 2.24) is 10.3 Å². The predicted octanol–water partition coefficient (Wildman–Crippen LogP) is 3.56. The van der Waals surface area contributed by atoms with Gasteiger partial charge in [-0.2, -0.15) is 0 Å². The first-order chi connectivity index (χ1) is 12.6. The van der Waals surface area contributed by atoms with Gasteiger partial charge in [0.15, 0.2) is 0 Å². The molecular weight excluding hydrogens is 350 g/mol. The fraction of sp³-hybridized carbons (Fsp3) is 0.250. The minimum Gasteiger partial charge on any atom is -0.497 e. The van der Waals surface area contributed by atoms with Crippen LogP contribution in [0.2, 0.25) is 5.02 Å². The Morgan fingerprint density at radius 2 is 1.88 bits per heavy atom. The summed E-state index contributed by atoms with van der Waals surface area (Å²) < 4.78 is 5.33. The molecule has 1 atom stereocenters. The van der Waals surface area contributed by atoms with Gasteiger partial charge in [0.2, 0.25) is 0 Å². The Bertz CT molecular complexity index is 884. The Morgan fingerprint density at radius 1 is 1.12 bits per heavy atom. The molecule has 0 spiro atoms. The van der Waals surface area contributed by atoms with E-state index in [2.05, 4.69) is 10.6 Å². The first kappa shape index (κ1) is 18.5. The molecule has 0 amide bonds. The molecule has 6 heteroatoms. The van der Waals surface area contributed by atoms with Gasteiger partial charge in [-0.05, 0) is 37.4 Å². The molecule has 136 valence electrons. The maximum absolute atomic E-state index is 10.0. The number of hydrogen-bond acceptors (Lipinski definition) is 5. The molecule has 0 aliphatic rings. The molecule has 0 aliphatic heterocycles. The number of fused-ring (bicyclic) bond motifs is 1. The fourth-order valence-electron chi connectivity index (χ4n) is 2.79. The molecule has 0 bridgehead atoms. The number of nitrogens with one attached hydrogen (secondary N) is 2. The molecule has 0 radical (unpaired) electrons. The highest BCUT2D eigenvalue weighted by Gasteiger charge is 2.10. The minimum atomic E-state index is -0.486. The van der Waals surface area contributed by atoms with Gasteiger partial charge in [0.25, 0.3) is 0 Å². The second-order valence-corrected chi connectivity index (χ2v) is 6.47. The number of ether oxygens (including phenoxy) is 1. The molecule has 0 aliphatic carbocycles. The first-order valence-electron chi connectivity index (χ1n) is 8.42. The molecule has 26 heavy (non-hydrogen) atoms. The number of aliphatic hydroxyl groups excluding tert-OH is 1. The number of pyridine rings is 1. The number of rotatable bonds is 7. The SMILES string of the molecule is CNCC(O)CNc1cc(-c2ccc(Cl)cc2)nc2cc(OC)ccc12. The van der Waals surface area contributed by atoms with E-state index in [0.717, 1.165) is 33.6 Å². The molecule has 1 unspecified atom stereocenters. The zero-order valence-corrected chi connectivity index (χ0v) is 15.5. The third kappa shape index (κ3) is 4.25. The zero-order valence-electron chi connectivity index (χ0n) is 14.8. The van der Waals surface area contributed by atoms with Crippen molar-refractivity contribution in [1.29, 1.82) is 0 Å². The lowest BCUT2D eigenvalue weighted by Crippen LogP contribution is -2.30. The van der Waals surface area contributed by atoms with Gasteiger partial charge in [-0.25, -0.2) is 4.98 Å². The third-order valence-electron chi connectivity index (χ3n) is 4.12. The number of anilines is 1. The number of hydrogen-bond donors (Lipinski definition) is 3. The summed E-state index contributed by atoms with van der Waals surface area (Å²) in [6, 6.07) is 15.3. The average molecular weight is 372 g/mol. The van der Waals surface area contributed by atoms with Crippen LogP contribution in [-0.4, -0.2) is 43.4 Å². The smallest absolute Gasteiger partial charge is 0.121 e. The highest BCUT2D eigenvalue weighted by Crippen LogP contribution is 2.31. The predicted molar refractivity (Wildman–Crippen MR) is 107 cm³/mol. The number of nitrogens with zero attached hydrogens (tertiary/aromatic N) is 1. The first-order valence-corrected chi connectivity index (χ1v) is 8.80. The van der Waals surface area contributed by atoms with E-state index < -0.39 is 6.10 Å². The normalized spacial score (nSPS) is 12.2. The van der Waals surface area contributed by atoms with Crippen molar-refractivity contribution in [2.75, 3.05) is 32.6 Å². The summed E-state index contributed by atoms with van der Waals surface area (Å²) in [5.41, 5.74) is 3.53. The van der Waals surface area contributed by atoms with Crippen LogP contribution in [0, 0.1) is 0 Å². The van der Waals surface area contributed by atoms with E-state index in [4.69, 9.17) is 21.3 Å². The summed E-state index contributed by atoms with van der Waals surface area (Å²) in [4.78, 5) is 4.77. The van der Waals surface area contributed by atoms with Crippen molar-refractivity contribution < 1.29 is 9.84 Å². The lowest BCUT2D eigenvalue weighted by Gasteiger charge is -2.16. The van der Waals surface area contributed by atoms with E-state index in [1.807, 2.05) is 55.6 Å². The van der Waals surface area contributed by atoms with Gasteiger partial charge >= 0.3 is 0 Å². The molecule has 1 aromatic heterocycles. The summed E-state index contributed by atoms with van der Waals surface area (Å²) >= 11 is 6.00. The molecule has 0 saturated heterocycles. The molecule has 1 heterocycles. The lowest BCUT2D eigenvalue weighted by atomic mass is 10.1. The van der Waals surface area contributed by atoms with E-state index in [1.54, 1.807) is 7.11 Å². The van der Waals surface area contributed by atoms with E-state index >= 15 is 0 Å². The Balaban J connectivity index is 2.03. The Labute approximate surface area is 158 Å². The second-order valence-electron chi connectivity index (χ2n) is 6.04. The maximum Gasteiger partial charge on any atom is 0.121 e. The summed E-state index contributed by atoms with van der Waals surface area (Å²) in [6.45, 7) is 0.958. The Kier molecular flexibility index (Phi) is 5.93. The van der Waals surface area contributed by atoms with E-state index in [-0.39, 0.29) is 0 Å². The molecule has 3 aromatic rings. The van der Waals surface area contributed by atoms with Gasteiger partial charge in [0, 0.05) is 40.8 Å². The molecule has 0 saturated carbocycles. The minimum absolute atomic E-state index is 0.437. The van der Waals surface area contributed by atoms with Crippen LogP contribution in [0.5, 0.6) is 5.75 Å². The van der Waals surface area contributed by atoms with Crippen LogP contribution in [0.15, 0.2) is 48.5 Å². The fourth-order valence-corrected chi connectivity index (χ4v) is 2.91. The van der Waals surface area contributed by atoms with Crippen LogP contribution >= 0.6 is 11.6 Å². The van der Waals surface area contributed by atoms with Crippen molar-refractivity contribution in [3.8, 4) is 17.0 Å². The topological polar surface area (TPSA) is 66.4 Å². The number of methoxy groups -OCH3 is 1. The van der Waals surface area contributed by atoms with E-state index in [1.165, 1.54) is 0 Å². The Hall–Kier alpha value is -2.34. The molecule has 5 nitrogen and oxygen atoms in total. The van der Waals surface area contributed by atoms with Crippen molar-refractivity contribution in [2.24, 2.45) is 0 Å². The summed E-state index contributed by atoms with van der Waals surface area (Å²) in [7, 11) is 3.45. The molecule has 2 aromatic carbocycles. The Morgan fingerprint density at radius 3 is 2.58 bits per heavy atom. The van der Waals surface area contributed by atoms with Crippen LogP contribution in [0.25, 0.3) is 22.2 Å². The zero-order chi connectivity index (χ0) is 18.5. The van der Waals surface area contributed by atoms with E-state index in [0.29, 0.717) is 18.1 Å². The van der Waals surface area contributed by atoms with E-state index in [9.17, 15) is 5.11 Å². The number of likely N-dealkylation sites (N-methyl/N-ethyl adjacent to an activating group) is 1. The number of benzene rings is 2. The van der Waals surface area contributed by atoms with Gasteiger partial charge in [-0.3, -0.25) is 0 Å². The van der Waals surface area contributed by atoms with Crippen molar-refractivity contribution in [3.63, 3.8) is 0 Å². The van der Waals surface area contributed by atoms with Gasteiger partial charge < -0.3 is 20.5 Å². The van der Waals surface area contributed by atoms with Gasteiger partial charge in [0.05, 0.1) is 24.4 Å². The lowest BCUT2D eigenvalue weighted by molar-refractivity contribution is 0.187. The number of aromatic nitrogens is 1. The number of aliphatic hydroxyl groups is 1. The number of halogens is 1. The van der Waals surface area contributed by atoms with Crippen molar-refractivity contribution >= 4 is 28.2 Å². The van der Waals surface area contributed by atoms with Gasteiger partial charge in [-0.15, -0.1) is 0 Å². The van der Waals surface area contributed by atoms with Crippen LogP contribution < -0.4 is 15.4 Å². The summed E-state index contributed by atoms with van der Waals surface area (Å²) in [5, 5.41) is 18.0. The van der Waals surface area contributed by atoms with Crippen molar-refractivity contribution in [3.05, 3.63) is 53.6 Å². The largest absolute Gasteiger partial charge is 0.497 e. The summed E-state index contributed by atoms with van der Waals surface area (Å²) in [5.74, 6) is 0.749. The van der Waals surface area contributed by atoms with Crippen LogP contribution in [0.1, 0.15) is 0 Å². The molecular formula is C20H22ClN3O2. The molecule has 0 fully saturated rings. The van der Waals surface area contributed by atoms with Gasteiger partial charge in [-0.1, -0.05) is 23.7 Å². The maximum atomic E-state index is 10.0. The standard InChI is InChI=1S/C20H22ClN3O2/c1-22-11-15(25)12-23-19-10-18(13-3-5-14(21)6-4-13)24-20-9-16(26-2)7-8-17(19)20/h3-10,15,22,25H,11-12H2,1-2H3,(H,23,24). The molecule has 3 rings (SSSR count). The van der Waals surface area contributed by atoms with Crippen molar-refractivity contribution in [2.45, 2.75) is 6.10 Å². The quantitative estimate of drug-likeness (QED) is 0.592. The third-order valence-corrected chi connectivity index (χ3v) is 4.38. The van der Waals surface area contributed by atoms with Crippen LogP contribution in [0.3, 0.4) is 0 Å². The highest BCUT2D eigenvalue weighted by atomic mass is 35.5. The average Bonchev–Trinajstić information content (AvgIpc) is 2.66. The van der Waals surface area contributed by atoms with Crippen LogP contribution in [-0.2, 0) is 0 Å².